The molecule has 6 heteroatoms. The van der Waals surface area contributed by atoms with E-state index in [2.05, 4.69) is 15.9 Å². The van der Waals surface area contributed by atoms with E-state index >= 15 is 0 Å². The Hall–Kier alpha value is -2.34. The lowest BCUT2D eigenvalue weighted by Gasteiger charge is -2.15. The third-order valence-electron chi connectivity index (χ3n) is 3.62. The van der Waals surface area contributed by atoms with Crippen LogP contribution in [0.5, 0.6) is 11.5 Å². The standard InChI is InChI=1S/C18H16BrNO4/c19-13-3-7-15(8-4-13)23-12-18(22)24-16-9-5-14(6-10-16)20-11-1-2-17(20)21/h3-10H,1-2,11-12H2. The maximum atomic E-state index is 11.8. The minimum Gasteiger partial charge on any atom is -0.482 e. The lowest BCUT2D eigenvalue weighted by atomic mass is 10.3. The predicted molar refractivity (Wildman–Crippen MR) is 93.3 cm³/mol. The Balaban J connectivity index is 1.52. The summed E-state index contributed by atoms with van der Waals surface area (Å²) in [5, 5.41) is 0. The molecule has 2 aromatic rings. The van der Waals surface area contributed by atoms with Crippen LogP contribution >= 0.6 is 15.9 Å². The molecule has 0 atom stereocenters. The molecule has 0 unspecified atom stereocenters. The van der Waals surface area contributed by atoms with Crippen molar-refractivity contribution in [2.75, 3.05) is 18.1 Å². The molecule has 1 aliphatic heterocycles. The fourth-order valence-electron chi connectivity index (χ4n) is 2.45. The van der Waals surface area contributed by atoms with Gasteiger partial charge < -0.3 is 14.4 Å². The van der Waals surface area contributed by atoms with Gasteiger partial charge in [0.25, 0.3) is 0 Å². The summed E-state index contributed by atoms with van der Waals surface area (Å²) in [7, 11) is 0. The Morgan fingerprint density at radius 1 is 1.04 bits per heavy atom. The minimum absolute atomic E-state index is 0.127. The van der Waals surface area contributed by atoms with Crippen LogP contribution in [0.1, 0.15) is 12.8 Å². The van der Waals surface area contributed by atoms with Crippen LogP contribution in [0, 0.1) is 0 Å². The molecule has 0 aromatic heterocycles. The Kier molecular flexibility index (Phi) is 5.15. The molecule has 1 fully saturated rings. The zero-order valence-electron chi connectivity index (χ0n) is 12.9. The van der Waals surface area contributed by atoms with Gasteiger partial charge >= 0.3 is 5.97 Å². The van der Waals surface area contributed by atoms with E-state index in [0.717, 1.165) is 23.1 Å². The van der Waals surface area contributed by atoms with Gasteiger partial charge in [0.15, 0.2) is 6.61 Å². The van der Waals surface area contributed by atoms with Crippen molar-refractivity contribution in [2.45, 2.75) is 12.8 Å². The number of nitrogens with zero attached hydrogens (tertiary/aromatic N) is 1. The van der Waals surface area contributed by atoms with Crippen molar-refractivity contribution >= 4 is 33.5 Å². The highest BCUT2D eigenvalue weighted by Crippen LogP contribution is 2.24. The van der Waals surface area contributed by atoms with E-state index in [-0.39, 0.29) is 12.5 Å². The second kappa shape index (κ2) is 7.49. The highest BCUT2D eigenvalue weighted by molar-refractivity contribution is 9.10. The molecular formula is C18H16BrNO4. The first-order valence-corrected chi connectivity index (χ1v) is 8.40. The number of hydrogen-bond acceptors (Lipinski definition) is 4. The van der Waals surface area contributed by atoms with Gasteiger partial charge in [-0.25, -0.2) is 4.79 Å². The molecule has 0 radical (unpaired) electrons. The first-order valence-electron chi connectivity index (χ1n) is 7.61. The fourth-order valence-corrected chi connectivity index (χ4v) is 2.71. The van der Waals surface area contributed by atoms with Crippen LogP contribution in [0.25, 0.3) is 0 Å². The Morgan fingerprint density at radius 2 is 1.71 bits per heavy atom. The SMILES string of the molecule is O=C(COc1ccc(Br)cc1)Oc1ccc(N2CCCC2=O)cc1. The van der Waals surface area contributed by atoms with Gasteiger partial charge in [0.2, 0.25) is 5.91 Å². The third kappa shape index (κ3) is 4.14. The Bertz CT molecular complexity index is 728. The lowest BCUT2D eigenvalue weighted by molar-refractivity contribution is -0.136. The molecule has 0 saturated carbocycles. The fraction of sp³-hybridized carbons (Fsp3) is 0.222. The first kappa shape index (κ1) is 16.5. The van der Waals surface area contributed by atoms with Gasteiger partial charge in [-0.1, -0.05) is 15.9 Å². The van der Waals surface area contributed by atoms with Crippen molar-refractivity contribution < 1.29 is 19.1 Å². The molecule has 0 spiro atoms. The summed E-state index contributed by atoms with van der Waals surface area (Å²) in [4.78, 5) is 25.3. The number of carbonyl (C=O) groups is 2. The van der Waals surface area contributed by atoms with E-state index in [0.29, 0.717) is 17.9 Å². The van der Waals surface area contributed by atoms with E-state index in [4.69, 9.17) is 9.47 Å². The average molecular weight is 390 g/mol. The smallest absolute Gasteiger partial charge is 0.349 e. The van der Waals surface area contributed by atoms with Crippen molar-refractivity contribution in [3.8, 4) is 11.5 Å². The zero-order valence-corrected chi connectivity index (χ0v) is 14.5. The summed E-state index contributed by atoms with van der Waals surface area (Å²) >= 11 is 3.33. The van der Waals surface area contributed by atoms with Gasteiger partial charge in [-0.05, 0) is 55.0 Å². The predicted octanol–water partition coefficient (Wildman–Crippen LogP) is 3.56. The molecular weight excluding hydrogens is 374 g/mol. The number of carbonyl (C=O) groups excluding carboxylic acids is 2. The van der Waals surface area contributed by atoms with Crippen molar-refractivity contribution in [3.05, 3.63) is 53.0 Å². The molecule has 0 aliphatic carbocycles. The molecule has 124 valence electrons. The van der Waals surface area contributed by atoms with Crippen LogP contribution in [0.3, 0.4) is 0 Å². The number of anilines is 1. The van der Waals surface area contributed by atoms with E-state index < -0.39 is 5.97 Å². The number of benzene rings is 2. The van der Waals surface area contributed by atoms with Gasteiger partial charge in [-0.2, -0.15) is 0 Å². The van der Waals surface area contributed by atoms with Gasteiger partial charge in [0.1, 0.15) is 11.5 Å². The maximum absolute atomic E-state index is 11.8. The molecule has 1 heterocycles. The van der Waals surface area contributed by atoms with Crippen LogP contribution in [-0.2, 0) is 9.59 Å². The number of halogens is 1. The topological polar surface area (TPSA) is 55.8 Å². The van der Waals surface area contributed by atoms with Crippen LogP contribution in [0.4, 0.5) is 5.69 Å². The van der Waals surface area contributed by atoms with Crippen molar-refractivity contribution in [2.24, 2.45) is 0 Å². The van der Waals surface area contributed by atoms with E-state index in [1.165, 1.54) is 0 Å². The number of rotatable bonds is 5. The number of ether oxygens (including phenoxy) is 2. The largest absolute Gasteiger partial charge is 0.482 e. The summed E-state index contributed by atoms with van der Waals surface area (Å²) in [5.41, 5.74) is 0.823. The van der Waals surface area contributed by atoms with Crippen LogP contribution in [-0.4, -0.2) is 25.0 Å². The third-order valence-corrected chi connectivity index (χ3v) is 4.15. The van der Waals surface area contributed by atoms with Gasteiger partial charge in [-0.15, -0.1) is 0 Å². The second-order valence-electron chi connectivity index (χ2n) is 5.36. The van der Waals surface area contributed by atoms with E-state index in [1.807, 2.05) is 12.1 Å². The second-order valence-corrected chi connectivity index (χ2v) is 6.28. The minimum atomic E-state index is -0.483. The summed E-state index contributed by atoms with van der Waals surface area (Å²) < 4.78 is 11.5. The average Bonchev–Trinajstić information content (AvgIpc) is 3.01. The number of esters is 1. The maximum Gasteiger partial charge on any atom is 0.349 e. The molecule has 1 amide bonds. The summed E-state index contributed by atoms with van der Waals surface area (Å²) in [6, 6.07) is 14.1. The molecule has 24 heavy (non-hydrogen) atoms. The molecule has 3 rings (SSSR count). The van der Waals surface area contributed by atoms with E-state index in [9.17, 15) is 9.59 Å². The number of amides is 1. The quantitative estimate of drug-likeness (QED) is 0.579. The van der Waals surface area contributed by atoms with Gasteiger partial charge in [-0.3, -0.25) is 4.79 Å². The van der Waals surface area contributed by atoms with Crippen LogP contribution in [0.15, 0.2) is 53.0 Å². The number of hydrogen-bond donors (Lipinski definition) is 0. The normalized spacial score (nSPS) is 13.9. The highest BCUT2D eigenvalue weighted by Gasteiger charge is 2.21. The van der Waals surface area contributed by atoms with Crippen molar-refractivity contribution in [1.29, 1.82) is 0 Å². The molecule has 2 aromatic carbocycles. The van der Waals surface area contributed by atoms with Gasteiger partial charge in [0, 0.05) is 23.1 Å². The van der Waals surface area contributed by atoms with Gasteiger partial charge in [0.05, 0.1) is 0 Å². The molecule has 1 saturated heterocycles. The molecule has 0 bridgehead atoms. The summed E-state index contributed by atoms with van der Waals surface area (Å²) in [6.07, 6.45) is 1.47. The summed E-state index contributed by atoms with van der Waals surface area (Å²) in [5.74, 6) is 0.665. The molecule has 1 aliphatic rings. The highest BCUT2D eigenvalue weighted by atomic mass is 79.9. The first-order chi connectivity index (χ1) is 11.6. The Morgan fingerprint density at radius 3 is 2.33 bits per heavy atom. The van der Waals surface area contributed by atoms with Crippen LogP contribution < -0.4 is 14.4 Å². The van der Waals surface area contributed by atoms with Crippen molar-refractivity contribution in [1.82, 2.24) is 0 Å². The van der Waals surface area contributed by atoms with Crippen LogP contribution in [0.2, 0.25) is 0 Å². The van der Waals surface area contributed by atoms with E-state index in [1.54, 1.807) is 41.3 Å². The Labute approximate surface area is 148 Å². The molecule has 5 nitrogen and oxygen atoms in total. The summed E-state index contributed by atoms with van der Waals surface area (Å²) in [6.45, 7) is 0.562. The van der Waals surface area contributed by atoms with Crippen molar-refractivity contribution in [3.63, 3.8) is 0 Å². The lowest BCUT2D eigenvalue weighted by Crippen LogP contribution is -2.23. The zero-order chi connectivity index (χ0) is 16.9. The molecule has 0 N–H and O–H groups in total. The monoisotopic (exact) mass is 389 g/mol.